The molecule has 0 spiro atoms. The Hall–Kier alpha value is -1.26. The lowest BCUT2D eigenvalue weighted by atomic mass is 10.1. The van der Waals surface area contributed by atoms with Gasteiger partial charge in [0.15, 0.2) is 0 Å². The third-order valence-corrected chi connectivity index (χ3v) is 4.16. The smallest absolute Gasteiger partial charge is 0.407 e. The van der Waals surface area contributed by atoms with Crippen LogP contribution in [-0.4, -0.2) is 31.3 Å². The molecule has 0 saturated heterocycles. The van der Waals surface area contributed by atoms with Crippen molar-refractivity contribution in [1.29, 1.82) is 0 Å². The molecule has 5 nitrogen and oxygen atoms in total. The molecule has 1 atom stereocenters. The number of ether oxygens (including phenoxy) is 2. The molecular formula is C20H39NO4. The Morgan fingerprint density at radius 2 is 1.20 bits per heavy atom. The van der Waals surface area contributed by atoms with Crippen molar-refractivity contribution in [3.8, 4) is 0 Å². The largest absolute Gasteiger partial charge is 0.464 e. The van der Waals surface area contributed by atoms with Crippen molar-refractivity contribution < 1.29 is 19.1 Å². The number of alkyl carbamates (subject to hydrolysis) is 1. The second-order valence-corrected chi connectivity index (χ2v) is 6.70. The summed E-state index contributed by atoms with van der Waals surface area (Å²) < 4.78 is 10.1. The molecule has 25 heavy (non-hydrogen) atoms. The summed E-state index contributed by atoms with van der Waals surface area (Å²) in [6.07, 6.45) is 13.7. The van der Waals surface area contributed by atoms with E-state index in [0.717, 1.165) is 25.7 Å². The fourth-order valence-corrected chi connectivity index (χ4v) is 2.47. The average Bonchev–Trinajstić information content (AvgIpc) is 2.59. The van der Waals surface area contributed by atoms with Crippen LogP contribution in [0.4, 0.5) is 4.79 Å². The number of carbonyl (C=O) groups is 2. The molecule has 0 aromatic rings. The Morgan fingerprint density at radius 1 is 0.720 bits per heavy atom. The van der Waals surface area contributed by atoms with Crippen LogP contribution in [0.2, 0.25) is 0 Å². The number of carbonyl (C=O) groups excluding carboxylic acids is 2. The number of rotatable bonds is 16. The van der Waals surface area contributed by atoms with Gasteiger partial charge in [0.25, 0.3) is 0 Å². The molecular weight excluding hydrogens is 318 g/mol. The van der Waals surface area contributed by atoms with Crippen LogP contribution in [0.1, 0.15) is 97.8 Å². The zero-order chi connectivity index (χ0) is 18.8. The molecule has 0 aliphatic carbocycles. The van der Waals surface area contributed by atoms with Gasteiger partial charge in [0, 0.05) is 0 Å². The van der Waals surface area contributed by atoms with E-state index in [4.69, 9.17) is 9.47 Å². The molecule has 0 fully saturated rings. The lowest BCUT2D eigenvalue weighted by molar-refractivity contribution is -0.145. The first kappa shape index (κ1) is 23.7. The predicted molar refractivity (Wildman–Crippen MR) is 102 cm³/mol. The van der Waals surface area contributed by atoms with Crippen molar-refractivity contribution in [2.45, 2.75) is 104 Å². The highest BCUT2D eigenvalue weighted by atomic mass is 16.6. The molecule has 0 bridgehead atoms. The lowest BCUT2D eigenvalue weighted by Gasteiger charge is -2.13. The molecule has 1 amide bonds. The summed E-state index contributed by atoms with van der Waals surface area (Å²) in [4.78, 5) is 23.2. The van der Waals surface area contributed by atoms with Crippen molar-refractivity contribution in [3.63, 3.8) is 0 Å². The summed E-state index contributed by atoms with van der Waals surface area (Å²) in [5.41, 5.74) is 0. The zero-order valence-electron chi connectivity index (χ0n) is 16.6. The van der Waals surface area contributed by atoms with E-state index in [-0.39, 0.29) is 0 Å². The van der Waals surface area contributed by atoms with Crippen molar-refractivity contribution >= 4 is 12.1 Å². The van der Waals surface area contributed by atoms with E-state index in [1.54, 1.807) is 6.92 Å². The number of hydrogen-bond acceptors (Lipinski definition) is 4. The van der Waals surface area contributed by atoms with E-state index in [2.05, 4.69) is 12.2 Å². The summed E-state index contributed by atoms with van der Waals surface area (Å²) in [7, 11) is 0. The van der Waals surface area contributed by atoms with Gasteiger partial charge in [-0.05, 0) is 19.8 Å². The van der Waals surface area contributed by atoms with Crippen LogP contribution < -0.4 is 5.32 Å². The summed E-state index contributed by atoms with van der Waals surface area (Å²) in [6.45, 7) is 6.68. The Morgan fingerprint density at radius 3 is 1.76 bits per heavy atom. The molecule has 0 aliphatic rings. The van der Waals surface area contributed by atoms with Crippen molar-refractivity contribution in [3.05, 3.63) is 0 Å². The van der Waals surface area contributed by atoms with Crippen LogP contribution in [0.15, 0.2) is 0 Å². The molecule has 0 saturated carbocycles. The first-order chi connectivity index (χ1) is 12.1. The van der Waals surface area contributed by atoms with Gasteiger partial charge in [-0.3, -0.25) is 0 Å². The Bertz CT molecular complexity index is 334. The van der Waals surface area contributed by atoms with Crippen LogP contribution in [-0.2, 0) is 14.3 Å². The fourth-order valence-electron chi connectivity index (χ4n) is 2.47. The molecule has 1 N–H and O–H groups in total. The van der Waals surface area contributed by atoms with Gasteiger partial charge in [-0.15, -0.1) is 0 Å². The summed E-state index contributed by atoms with van der Waals surface area (Å²) >= 11 is 0. The SMILES string of the molecule is CCCCCCCCCCCCOC(=O)[C@H](C)NC(=O)OCCCC. The first-order valence-corrected chi connectivity index (χ1v) is 10.2. The van der Waals surface area contributed by atoms with Gasteiger partial charge in [-0.1, -0.05) is 78.1 Å². The van der Waals surface area contributed by atoms with Crippen molar-refractivity contribution in [2.75, 3.05) is 13.2 Å². The zero-order valence-corrected chi connectivity index (χ0v) is 16.6. The van der Waals surface area contributed by atoms with Crippen LogP contribution in [0.3, 0.4) is 0 Å². The van der Waals surface area contributed by atoms with Gasteiger partial charge < -0.3 is 14.8 Å². The molecule has 0 unspecified atom stereocenters. The maximum Gasteiger partial charge on any atom is 0.407 e. The molecule has 0 heterocycles. The maximum absolute atomic E-state index is 11.8. The van der Waals surface area contributed by atoms with Crippen LogP contribution in [0.25, 0.3) is 0 Å². The minimum atomic E-state index is -0.669. The predicted octanol–water partition coefficient (Wildman–Crippen LogP) is 5.37. The molecule has 0 rings (SSSR count). The summed E-state index contributed by atoms with van der Waals surface area (Å²) in [5, 5.41) is 2.49. The highest BCUT2D eigenvalue weighted by molar-refractivity contribution is 5.80. The van der Waals surface area contributed by atoms with Crippen molar-refractivity contribution in [1.82, 2.24) is 5.32 Å². The van der Waals surface area contributed by atoms with Gasteiger partial charge in [0.05, 0.1) is 13.2 Å². The quantitative estimate of drug-likeness (QED) is 0.298. The number of unbranched alkanes of at least 4 members (excludes halogenated alkanes) is 10. The molecule has 0 aromatic heterocycles. The van der Waals surface area contributed by atoms with E-state index in [9.17, 15) is 9.59 Å². The van der Waals surface area contributed by atoms with Gasteiger partial charge >= 0.3 is 12.1 Å². The maximum atomic E-state index is 11.8. The Balaban J connectivity index is 3.46. The van der Waals surface area contributed by atoms with Gasteiger partial charge in [-0.25, -0.2) is 9.59 Å². The topological polar surface area (TPSA) is 64.6 Å². The van der Waals surface area contributed by atoms with Crippen LogP contribution in [0, 0.1) is 0 Å². The van der Waals surface area contributed by atoms with Gasteiger partial charge in [0.2, 0.25) is 0 Å². The number of hydrogen-bond donors (Lipinski definition) is 1. The Kier molecular flexibility index (Phi) is 16.7. The molecule has 5 heteroatoms. The third kappa shape index (κ3) is 16.0. The van der Waals surface area contributed by atoms with Gasteiger partial charge in [-0.2, -0.15) is 0 Å². The van der Waals surface area contributed by atoms with E-state index >= 15 is 0 Å². The van der Waals surface area contributed by atoms with E-state index in [1.165, 1.54) is 51.4 Å². The summed E-state index contributed by atoms with van der Waals surface area (Å²) in [6, 6.07) is -0.669. The number of esters is 1. The second-order valence-electron chi connectivity index (χ2n) is 6.70. The standard InChI is InChI=1S/C20H39NO4/c1-4-6-8-9-10-11-12-13-14-15-17-24-19(22)18(3)21-20(23)25-16-7-5-2/h18H,4-17H2,1-3H3,(H,21,23)/t18-/m0/s1. The van der Waals surface area contributed by atoms with E-state index < -0.39 is 18.1 Å². The Labute approximate surface area is 154 Å². The van der Waals surface area contributed by atoms with E-state index in [0.29, 0.717) is 13.2 Å². The minimum Gasteiger partial charge on any atom is -0.464 e. The summed E-state index contributed by atoms with van der Waals surface area (Å²) in [5.74, 6) is -0.400. The number of amides is 1. The first-order valence-electron chi connectivity index (χ1n) is 10.2. The highest BCUT2D eigenvalue weighted by Crippen LogP contribution is 2.10. The molecule has 0 aliphatic heterocycles. The normalized spacial score (nSPS) is 11.8. The minimum absolute atomic E-state index is 0.378. The van der Waals surface area contributed by atoms with Crippen LogP contribution in [0.5, 0.6) is 0 Å². The third-order valence-electron chi connectivity index (χ3n) is 4.16. The second kappa shape index (κ2) is 17.6. The molecule has 0 aromatic carbocycles. The molecule has 148 valence electrons. The lowest BCUT2D eigenvalue weighted by Crippen LogP contribution is -2.40. The average molecular weight is 358 g/mol. The number of nitrogens with one attached hydrogen (secondary N) is 1. The fraction of sp³-hybridized carbons (Fsp3) is 0.900. The highest BCUT2D eigenvalue weighted by Gasteiger charge is 2.17. The molecule has 0 radical (unpaired) electrons. The monoisotopic (exact) mass is 357 g/mol. The van der Waals surface area contributed by atoms with E-state index in [1.807, 2.05) is 6.92 Å². The van der Waals surface area contributed by atoms with Crippen molar-refractivity contribution in [2.24, 2.45) is 0 Å². The van der Waals surface area contributed by atoms with Gasteiger partial charge in [0.1, 0.15) is 6.04 Å². The van der Waals surface area contributed by atoms with Crippen LogP contribution >= 0.6 is 0 Å².